The molecule has 17 heavy (non-hydrogen) atoms. The zero-order chi connectivity index (χ0) is 12.0. The number of rotatable bonds is 0. The summed E-state index contributed by atoms with van der Waals surface area (Å²) in [5, 5.41) is 0. The lowest BCUT2D eigenvalue weighted by molar-refractivity contribution is -0.660. The summed E-state index contributed by atoms with van der Waals surface area (Å²) >= 11 is 0. The van der Waals surface area contributed by atoms with Crippen molar-refractivity contribution >= 4 is 5.57 Å². The molecule has 3 rings (SSSR count). The largest absolute Gasteiger partial charge is 0.299 e. The van der Waals surface area contributed by atoms with Crippen LogP contribution in [0.3, 0.4) is 0 Å². The molecule has 2 heterocycles. The Morgan fingerprint density at radius 3 is 2.88 bits per heavy atom. The third-order valence-corrected chi connectivity index (χ3v) is 3.67. The van der Waals surface area contributed by atoms with Gasteiger partial charge in [-0.15, -0.1) is 17.2 Å². The van der Waals surface area contributed by atoms with Crippen molar-refractivity contribution in [3.05, 3.63) is 71.4 Å². The SMILES string of the molecule is CC1=C2[CH-]C=CC=C2c2cccc(C)[n+]2[C-]1C. The van der Waals surface area contributed by atoms with Crippen molar-refractivity contribution in [2.75, 3.05) is 0 Å². The van der Waals surface area contributed by atoms with E-state index in [0.717, 1.165) is 0 Å². The van der Waals surface area contributed by atoms with Crippen molar-refractivity contribution in [2.45, 2.75) is 20.8 Å². The Balaban J connectivity index is 2.33. The van der Waals surface area contributed by atoms with Gasteiger partial charge in [0.15, 0.2) is 0 Å². The Bertz CT molecular complexity index is 573. The van der Waals surface area contributed by atoms with Crippen molar-refractivity contribution in [3.63, 3.8) is 0 Å². The van der Waals surface area contributed by atoms with Crippen LogP contribution in [0.2, 0.25) is 0 Å². The molecule has 2 aliphatic rings. The number of pyridine rings is 1. The molecule has 0 saturated heterocycles. The summed E-state index contributed by atoms with van der Waals surface area (Å²) in [5.74, 6) is 0. The number of allylic oxidation sites excluding steroid dienone is 6. The minimum atomic E-state index is 1.29. The minimum absolute atomic E-state index is 1.29. The van der Waals surface area contributed by atoms with Crippen molar-refractivity contribution in [1.29, 1.82) is 0 Å². The number of hydrogen-bond acceptors (Lipinski definition) is 0. The average molecular weight is 222 g/mol. The van der Waals surface area contributed by atoms with Crippen LogP contribution >= 0.6 is 0 Å². The molecule has 1 aliphatic carbocycles. The molecule has 86 valence electrons. The third-order valence-electron chi connectivity index (χ3n) is 3.67. The summed E-state index contributed by atoms with van der Waals surface area (Å²) in [4.78, 5) is 0. The molecule has 0 N–H and O–H groups in total. The molecule has 0 aromatic carbocycles. The Labute approximate surface area is 103 Å². The Morgan fingerprint density at radius 2 is 2.06 bits per heavy atom. The van der Waals surface area contributed by atoms with E-state index in [1.807, 2.05) is 0 Å². The van der Waals surface area contributed by atoms with Crippen LogP contribution in [0.1, 0.15) is 25.2 Å². The van der Waals surface area contributed by atoms with E-state index in [4.69, 9.17) is 0 Å². The van der Waals surface area contributed by atoms with Gasteiger partial charge in [-0.25, -0.2) is 5.57 Å². The van der Waals surface area contributed by atoms with Crippen molar-refractivity contribution in [3.8, 4) is 0 Å². The van der Waals surface area contributed by atoms with Gasteiger partial charge in [-0.2, -0.15) is 18.6 Å². The number of fused-ring (bicyclic) bond motifs is 3. The molecule has 0 fully saturated rings. The fourth-order valence-corrected chi connectivity index (χ4v) is 2.67. The predicted molar refractivity (Wildman–Crippen MR) is 69.8 cm³/mol. The molecule has 1 nitrogen and oxygen atoms in total. The van der Waals surface area contributed by atoms with Gasteiger partial charge in [-0.1, -0.05) is 13.0 Å². The molecule has 0 saturated carbocycles. The van der Waals surface area contributed by atoms with Crippen molar-refractivity contribution in [2.24, 2.45) is 0 Å². The van der Waals surface area contributed by atoms with Gasteiger partial charge in [0.1, 0.15) is 5.69 Å². The minimum Gasteiger partial charge on any atom is -0.299 e. The number of nitrogens with zero attached hydrogens (tertiary/aromatic N) is 1. The monoisotopic (exact) mass is 222 g/mol. The highest BCUT2D eigenvalue weighted by molar-refractivity contribution is 5.84. The highest BCUT2D eigenvalue weighted by Crippen LogP contribution is 2.36. The Kier molecular flexibility index (Phi) is 2.15. The first kappa shape index (κ1) is 10.3. The molecule has 1 aliphatic heterocycles. The van der Waals surface area contributed by atoms with E-state index in [-0.39, 0.29) is 0 Å². The van der Waals surface area contributed by atoms with Crippen molar-refractivity contribution in [1.82, 2.24) is 0 Å². The van der Waals surface area contributed by atoms with Crippen LogP contribution in [0, 0.1) is 19.4 Å². The molecule has 1 aromatic heterocycles. The quantitative estimate of drug-likeness (QED) is 0.469. The fourth-order valence-electron chi connectivity index (χ4n) is 2.67. The second-order valence-electron chi connectivity index (χ2n) is 4.64. The average Bonchev–Trinajstić information content (AvgIpc) is 2.36. The van der Waals surface area contributed by atoms with Gasteiger partial charge >= 0.3 is 0 Å². The summed E-state index contributed by atoms with van der Waals surface area (Å²) in [6.45, 7) is 6.56. The molecular formula is C16H16N-. The van der Waals surface area contributed by atoms with E-state index in [9.17, 15) is 0 Å². The highest BCUT2D eigenvalue weighted by Gasteiger charge is 2.21. The second-order valence-corrected chi connectivity index (χ2v) is 4.64. The molecule has 0 amide bonds. The molecule has 0 spiro atoms. The number of aromatic nitrogens is 1. The van der Waals surface area contributed by atoms with E-state index >= 15 is 0 Å². The lowest BCUT2D eigenvalue weighted by atomic mass is 9.85. The molecular weight excluding hydrogens is 206 g/mol. The van der Waals surface area contributed by atoms with Gasteiger partial charge < -0.3 is 0 Å². The predicted octanol–water partition coefficient (Wildman–Crippen LogP) is 3.17. The zero-order valence-electron chi connectivity index (χ0n) is 10.5. The summed E-state index contributed by atoms with van der Waals surface area (Å²) in [6, 6.07) is 7.82. The maximum Gasteiger partial charge on any atom is 0.105 e. The van der Waals surface area contributed by atoms with E-state index in [1.54, 1.807) is 0 Å². The first-order valence-corrected chi connectivity index (χ1v) is 5.99. The Hall–Kier alpha value is -1.89. The van der Waals surface area contributed by atoms with Crippen LogP contribution in [0.5, 0.6) is 0 Å². The van der Waals surface area contributed by atoms with E-state index < -0.39 is 0 Å². The fraction of sp³-hybridized carbons (Fsp3) is 0.188. The lowest BCUT2D eigenvalue weighted by Crippen LogP contribution is -2.48. The number of aryl methyl sites for hydroxylation is 1. The van der Waals surface area contributed by atoms with Crippen LogP contribution in [-0.4, -0.2) is 0 Å². The summed E-state index contributed by atoms with van der Waals surface area (Å²) in [7, 11) is 0. The normalized spacial score (nSPS) is 17.4. The van der Waals surface area contributed by atoms with Crippen LogP contribution in [0.15, 0.2) is 47.6 Å². The summed E-state index contributed by atoms with van der Waals surface area (Å²) in [6.07, 6.45) is 8.64. The molecule has 1 heteroatoms. The molecule has 0 bridgehead atoms. The topological polar surface area (TPSA) is 3.88 Å². The first-order chi connectivity index (χ1) is 8.20. The lowest BCUT2D eigenvalue weighted by Gasteiger charge is -2.38. The van der Waals surface area contributed by atoms with E-state index in [2.05, 4.69) is 68.2 Å². The van der Waals surface area contributed by atoms with E-state index in [0.29, 0.717) is 0 Å². The van der Waals surface area contributed by atoms with Gasteiger partial charge in [0.25, 0.3) is 0 Å². The zero-order valence-corrected chi connectivity index (χ0v) is 10.5. The van der Waals surface area contributed by atoms with Gasteiger partial charge in [0.05, 0.1) is 11.7 Å². The number of hydrogen-bond donors (Lipinski definition) is 0. The molecule has 0 radical (unpaired) electrons. The van der Waals surface area contributed by atoms with E-state index in [1.165, 1.54) is 34.1 Å². The molecule has 0 unspecified atom stereocenters. The van der Waals surface area contributed by atoms with Crippen LogP contribution in [0.25, 0.3) is 5.57 Å². The molecule has 0 atom stereocenters. The van der Waals surface area contributed by atoms with Gasteiger partial charge in [-0.3, -0.25) is 4.57 Å². The van der Waals surface area contributed by atoms with Crippen LogP contribution < -0.4 is 4.57 Å². The molecule has 1 aromatic rings. The smallest absolute Gasteiger partial charge is 0.105 e. The Morgan fingerprint density at radius 1 is 1.24 bits per heavy atom. The highest BCUT2D eigenvalue weighted by atomic mass is 15.0. The van der Waals surface area contributed by atoms with Crippen LogP contribution in [0.4, 0.5) is 0 Å². The van der Waals surface area contributed by atoms with Gasteiger partial charge in [0.2, 0.25) is 0 Å². The van der Waals surface area contributed by atoms with Crippen LogP contribution in [-0.2, 0) is 0 Å². The summed E-state index contributed by atoms with van der Waals surface area (Å²) < 4.78 is 2.34. The first-order valence-electron chi connectivity index (χ1n) is 5.99. The second kappa shape index (κ2) is 3.56. The third kappa shape index (κ3) is 1.35. The standard InChI is InChI=1S/C16H16N/c1-11-7-6-10-16-15-9-5-4-8-14(15)12(2)13(3)17(11)16/h4-10H,1-3H3/q-1. The van der Waals surface area contributed by atoms with Crippen molar-refractivity contribution < 1.29 is 4.57 Å². The van der Waals surface area contributed by atoms with Gasteiger partial charge in [-0.05, 0) is 26.0 Å². The van der Waals surface area contributed by atoms with Gasteiger partial charge in [0, 0.05) is 0 Å². The maximum absolute atomic E-state index is 2.34. The summed E-state index contributed by atoms with van der Waals surface area (Å²) in [5.41, 5.74) is 6.64. The maximum atomic E-state index is 2.34.